The first kappa shape index (κ1) is 20.7. The molecule has 3 heterocycles. The van der Waals surface area contributed by atoms with E-state index in [1.54, 1.807) is 29.2 Å². The Morgan fingerprint density at radius 1 is 0.909 bits per heavy atom. The lowest BCUT2D eigenvalue weighted by molar-refractivity contribution is 0.0932. The smallest absolute Gasteiger partial charge is 0.291 e. The van der Waals surface area contributed by atoms with Gasteiger partial charge in [0.15, 0.2) is 5.82 Å². The molecule has 5 rings (SSSR count). The van der Waals surface area contributed by atoms with Crippen LogP contribution in [0.3, 0.4) is 0 Å². The SMILES string of the molecule is O=C(NC(c1ccccc1)c1ccncc1)c1nc(-c2cccs2)n(-c2ccc(F)cc2)n1. The van der Waals surface area contributed by atoms with Crippen LogP contribution in [0, 0.1) is 5.82 Å². The van der Waals surface area contributed by atoms with E-state index >= 15 is 0 Å². The summed E-state index contributed by atoms with van der Waals surface area (Å²) in [6.45, 7) is 0. The largest absolute Gasteiger partial charge is 0.338 e. The lowest BCUT2D eigenvalue weighted by Crippen LogP contribution is -2.30. The molecule has 1 unspecified atom stereocenters. The maximum absolute atomic E-state index is 13.5. The number of hydrogen-bond donors (Lipinski definition) is 1. The fourth-order valence-corrected chi connectivity index (χ4v) is 4.19. The Morgan fingerprint density at radius 2 is 1.64 bits per heavy atom. The van der Waals surface area contributed by atoms with Gasteiger partial charge in [-0.2, -0.15) is 0 Å². The van der Waals surface area contributed by atoms with Crippen LogP contribution < -0.4 is 5.32 Å². The van der Waals surface area contributed by atoms with E-state index in [0.29, 0.717) is 11.5 Å². The van der Waals surface area contributed by atoms with E-state index in [0.717, 1.165) is 16.0 Å². The molecule has 0 spiro atoms. The number of pyridine rings is 1. The number of aromatic nitrogens is 4. The number of carbonyl (C=O) groups is 1. The summed E-state index contributed by atoms with van der Waals surface area (Å²) in [5.41, 5.74) is 2.43. The summed E-state index contributed by atoms with van der Waals surface area (Å²) in [7, 11) is 0. The van der Waals surface area contributed by atoms with Crippen molar-refractivity contribution >= 4 is 17.2 Å². The summed E-state index contributed by atoms with van der Waals surface area (Å²) in [6.07, 6.45) is 3.38. The van der Waals surface area contributed by atoms with Crippen molar-refractivity contribution in [1.82, 2.24) is 25.1 Å². The molecule has 1 atom stereocenters. The Kier molecular flexibility index (Phi) is 5.73. The molecule has 0 fully saturated rings. The zero-order valence-corrected chi connectivity index (χ0v) is 18.1. The molecule has 1 amide bonds. The molecule has 0 aliphatic carbocycles. The summed E-state index contributed by atoms with van der Waals surface area (Å²) in [5.74, 6) is -0.225. The van der Waals surface area contributed by atoms with Gasteiger partial charge in [-0.05, 0) is 59.0 Å². The second kappa shape index (κ2) is 9.13. The van der Waals surface area contributed by atoms with Gasteiger partial charge in [0.2, 0.25) is 5.82 Å². The first-order chi connectivity index (χ1) is 16.2. The third-order valence-electron chi connectivity index (χ3n) is 5.07. The molecular weight excluding hydrogens is 437 g/mol. The van der Waals surface area contributed by atoms with Gasteiger partial charge in [-0.15, -0.1) is 16.4 Å². The lowest BCUT2D eigenvalue weighted by Gasteiger charge is -2.18. The van der Waals surface area contributed by atoms with Crippen molar-refractivity contribution in [2.45, 2.75) is 6.04 Å². The van der Waals surface area contributed by atoms with E-state index in [4.69, 9.17) is 0 Å². The molecular formula is C25H18FN5OS. The van der Waals surface area contributed by atoms with Gasteiger partial charge in [-0.1, -0.05) is 36.4 Å². The highest BCUT2D eigenvalue weighted by Gasteiger charge is 2.23. The van der Waals surface area contributed by atoms with Crippen LogP contribution in [-0.4, -0.2) is 25.7 Å². The maximum atomic E-state index is 13.5. The molecule has 5 aromatic rings. The van der Waals surface area contributed by atoms with E-state index < -0.39 is 11.9 Å². The van der Waals surface area contributed by atoms with Crippen LogP contribution in [-0.2, 0) is 0 Å². The third-order valence-corrected chi connectivity index (χ3v) is 5.94. The van der Waals surface area contributed by atoms with Crippen molar-refractivity contribution in [3.63, 3.8) is 0 Å². The second-order valence-corrected chi connectivity index (χ2v) is 8.17. The van der Waals surface area contributed by atoms with Crippen LogP contribution >= 0.6 is 11.3 Å². The molecule has 0 aliphatic rings. The van der Waals surface area contributed by atoms with Crippen molar-refractivity contribution in [2.75, 3.05) is 0 Å². The molecule has 6 nitrogen and oxygen atoms in total. The quantitative estimate of drug-likeness (QED) is 0.389. The summed E-state index contributed by atoms with van der Waals surface area (Å²) >= 11 is 1.48. The van der Waals surface area contributed by atoms with Crippen molar-refractivity contribution in [1.29, 1.82) is 0 Å². The topological polar surface area (TPSA) is 72.7 Å². The monoisotopic (exact) mass is 455 g/mol. The number of halogens is 1. The highest BCUT2D eigenvalue weighted by molar-refractivity contribution is 7.13. The predicted octanol–water partition coefficient (Wildman–Crippen LogP) is 5.05. The van der Waals surface area contributed by atoms with E-state index in [1.807, 2.05) is 60.0 Å². The Labute approximate surface area is 193 Å². The molecule has 0 bridgehead atoms. The number of nitrogens with zero attached hydrogens (tertiary/aromatic N) is 4. The molecule has 0 radical (unpaired) electrons. The molecule has 8 heteroatoms. The normalized spacial score (nSPS) is 11.8. The van der Waals surface area contributed by atoms with Gasteiger partial charge in [0.25, 0.3) is 5.91 Å². The fourth-order valence-electron chi connectivity index (χ4n) is 3.49. The minimum Gasteiger partial charge on any atom is -0.338 e. The number of thiophene rings is 1. The van der Waals surface area contributed by atoms with Gasteiger partial charge < -0.3 is 5.32 Å². The van der Waals surface area contributed by atoms with E-state index in [9.17, 15) is 9.18 Å². The van der Waals surface area contributed by atoms with Gasteiger partial charge >= 0.3 is 0 Å². The van der Waals surface area contributed by atoms with Crippen molar-refractivity contribution in [3.8, 4) is 16.4 Å². The first-order valence-electron chi connectivity index (χ1n) is 10.2. The Balaban J connectivity index is 1.52. The zero-order valence-electron chi connectivity index (χ0n) is 17.3. The van der Waals surface area contributed by atoms with Crippen LogP contribution in [0.2, 0.25) is 0 Å². The number of hydrogen-bond acceptors (Lipinski definition) is 5. The number of amides is 1. The summed E-state index contributed by atoms with van der Waals surface area (Å²) < 4.78 is 15.0. The van der Waals surface area contributed by atoms with Crippen LogP contribution in [0.4, 0.5) is 4.39 Å². The summed E-state index contributed by atoms with van der Waals surface area (Å²) in [5, 5.41) is 9.45. The summed E-state index contributed by atoms with van der Waals surface area (Å²) in [4.78, 5) is 22.8. The number of nitrogens with one attached hydrogen (secondary N) is 1. The molecule has 2 aromatic carbocycles. The standard InChI is InChI=1S/C25H18FN5OS/c26-19-8-10-20(11-9-19)31-24(21-7-4-16-33-21)29-23(30-31)25(32)28-22(17-5-2-1-3-6-17)18-12-14-27-15-13-18/h1-16,22H,(H,28,32). The molecule has 1 N–H and O–H groups in total. The van der Waals surface area contributed by atoms with Crippen LogP contribution in [0.1, 0.15) is 27.8 Å². The minimum absolute atomic E-state index is 0.0257. The lowest BCUT2D eigenvalue weighted by atomic mass is 9.99. The van der Waals surface area contributed by atoms with Gasteiger partial charge in [0.05, 0.1) is 16.6 Å². The third kappa shape index (κ3) is 4.42. The highest BCUT2D eigenvalue weighted by atomic mass is 32.1. The average Bonchev–Trinajstić information content (AvgIpc) is 3.54. The maximum Gasteiger partial charge on any atom is 0.291 e. The highest BCUT2D eigenvalue weighted by Crippen LogP contribution is 2.26. The van der Waals surface area contributed by atoms with Gasteiger partial charge in [0, 0.05) is 12.4 Å². The van der Waals surface area contributed by atoms with E-state index in [2.05, 4.69) is 20.4 Å². The molecule has 0 saturated heterocycles. The van der Waals surface area contributed by atoms with E-state index in [-0.39, 0.29) is 11.6 Å². The summed E-state index contributed by atoms with van der Waals surface area (Å²) in [6, 6.07) is 22.7. The van der Waals surface area contributed by atoms with Gasteiger partial charge in [0.1, 0.15) is 5.82 Å². The number of benzene rings is 2. The van der Waals surface area contributed by atoms with Crippen LogP contribution in [0.25, 0.3) is 16.4 Å². The number of rotatable bonds is 6. The second-order valence-electron chi connectivity index (χ2n) is 7.22. The first-order valence-corrected chi connectivity index (χ1v) is 11.1. The number of carbonyl (C=O) groups excluding carboxylic acids is 1. The van der Waals surface area contributed by atoms with Crippen molar-refractivity contribution in [3.05, 3.63) is 119 Å². The Morgan fingerprint density at radius 3 is 2.33 bits per heavy atom. The molecule has 33 heavy (non-hydrogen) atoms. The van der Waals surface area contributed by atoms with Crippen molar-refractivity contribution < 1.29 is 9.18 Å². The molecule has 0 aliphatic heterocycles. The molecule has 162 valence electrons. The predicted molar refractivity (Wildman–Crippen MR) is 125 cm³/mol. The van der Waals surface area contributed by atoms with Crippen LogP contribution in [0.5, 0.6) is 0 Å². The average molecular weight is 456 g/mol. The van der Waals surface area contributed by atoms with Gasteiger partial charge in [-0.25, -0.2) is 14.1 Å². The minimum atomic E-state index is -0.417. The zero-order chi connectivity index (χ0) is 22.6. The molecule has 3 aromatic heterocycles. The van der Waals surface area contributed by atoms with Crippen molar-refractivity contribution in [2.24, 2.45) is 0 Å². The van der Waals surface area contributed by atoms with Gasteiger partial charge in [-0.3, -0.25) is 9.78 Å². The molecule has 0 saturated carbocycles. The van der Waals surface area contributed by atoms with Crippen LogP contribution in [0.15, 0.2) is 96.6 Å². The fraction of sp³-hybridized carbons (Fsp3) is 0.0400. The Bertz CT molecular complexity index is 1310. The van der Waals surface area contributed by atoms with E-state index in [1.165, 1.54) is 23.5 Å². The Hall–Kier alpha value is -4.17.